The third-order valence-electron chi connectivity index (χ3n) is 3.46. The van der Waals surface area contributed by atoms with Gasteiger partial charge in [0.05, 0.1) is 13.7 Å². The van der Waals surface area contributed by atoms with Crippen molar-refractivity contribution in [2.75, 3.05) is 7.11 Å². The SMILES string of the molecule is COc1ccccc1CNC(=O)NCc1nc(C2CC2)no1. The first-order chi connectivity index (χ1) is 10.8. The van der Waals surface area contributed by atoms with E-state index in [1.54, 1.807) is 7.11 Å². The fraction of sp³-hybridized carbons (Fsp3) is 0.400. The molecule has 0 saturated heterocycles. The maximum absolute atomic E-state index is 11.8. The highest BCUT2D eigenvalue weighted by Crippen LogP contribution is 2.37. The maximum atomic E-state index is 11.8. The van der Waals surface area contributed by atoms with E-state index in [0.717, 1.165) is 30.0 Å². The number of para-hydroxylation sites is 1. The quantitative estimate of drug-likeness (QED) is 0.851. The number of ether oxygens (including phenoxy) is 1. The minimum Gasteiger partial charge on any atom is -0.496 e. The second-order valence-corrected chi connectivity index (χ2v) is 5.17. The smallest absolute Gasteiger partial charge is 0.315 e. The van der Waals surface area contributed by atoms with Crippen LogP contribution < -0.4 is 15.4 Å². The zero-order valence-corrected chi connectivity index (χ0v) is 12.3. The predicted octanol–water partition coefficient (Wildman–Crippen LogP) is 1.95. The average molecular weight is 302 g/mol. The van der Waals surface area contributed by atoms with Gasteiger partial charge in [0.25, 0.3) is 0 Å². The Labute approximate surface area is 128 Å². The zero-order valence-electron chi connectivity index (χ0n) is 12.3. The van der Waals surface area contributed by atoms with E-state index in [4.69, 9.17) is 9.26 Å². The third kappa shape index (κ3) is 3.55. The first kappa shape index (κ1) is 14.4. The van der Waals surface area contributed by atoms with E-state index in [2.05, 4.69) is 20.8 Å². The molecule has 0 bridgehead atoms. The molecule has 0 atom stereocenters. The highest BCUT2D eigenvalue weighted by molar-refractivity contribution is 5.73. The lowest BCUT2D eigenvalue weighted by Gasteiger charge is -2.09. The van der Waals surface area contributed by atoms with Gasteiger partial charge in [-0.1, -0.05) is 23.4 Å². The Bertz CT molecular complexity index is 652. The van der Waals surface area contributed by atoms with Gasteiger partial charge in [-0.15, -0.1) is 0 Å². The molecule has 1 fully saturated rings. The molecule has 1 saturated carbocycles. The van der Waals surface area contributed by atoms with Crippen LogP contribution in [0.2, 0.25) is 0 Å². The Morgan fingerprint density at radius 1 is 1.32 bits per heavy atom. The van der Waals surface area contributed by atoms with Crippen LogP contribution in [-0.4, -0.2) is 23.3 Å². The summed E-state index contributed by atoms with van der Waals surface area (Å²) in [5.74, 6) is 2.35. The lowest BCUT2D eigenvalue weighted by atomic mass is 10.2. The van der Waals surface area contributed by atoms with Crippen molar-refractivity contribution in [2.24, 2.45) is 0 Å². The third-order valence-corrected chi connectivity index (χ3v) is 3.46. The van der Waals surface area contributed by atoms with Crippen LogP contribution in [0.5, 0.6) is 5.75 Å². The average Bonchev–Trinajstić information content (AvgIpc) is 3.30. The summed E-state index contributed by atoms with van der Waals surface area (Å²) in [6.07, 6.45) is 2.23. The molecule has 1 aromatic heterocycles. The first-order valence-corrected chi connectivity index (χ1v) is 7.22. The van der Waals surface area contributed by atoms with Crippen molar-refractivity contribution in [3.63, 3.8) is 0 Å². The molecule has 0 aliphatic heterocycles. The fourth-order valence-corrected chi connectivity index (χ4v) is 2.09. The number of aromatic nitrogens is 2. The number of urea groups is 1. The number of nitrogens with one attached hydrogen (secondary N) is 2. The summed E-state index contributed by atoms with van der Waals surface area (Å²) in [7, 11) is 1.60. The topological polar surface area (TPSA) is 89.3 Å². The maximum Gasteiger partial charge on any atom is 0.315 e. The molecule has 1 aromatic carbocycles. The van der Waals surface area contributed by atoms with Crippen LogP contribution in [-0.2, 0) is 13.1 Å². The first-order valence-electron chi connectivity index (χ1n) is 7.22. The van der Waals surface area contributed by atoms with E-state index in [-0.39, 0.29) is 12.6 Å². The number of benzene rings is 1. The predicted molar refractivity (Wildman–Crippen MR) is 78.3 cm³/mol. The largest absolute Gasteiger partial charge is 0.496 e. The second-order valence-electron chi connectivity index (χ2n) is 5.17. The van der Waals surface area contributed by atoms with E-state index in [1.807, 2.05) is 24.3 Å². The summed E-state index contributed by atoms with van der Waals surface area (Å²) in [5, 5.41) is 9.36. The van der Waals surface area contributed by atoms with Crippen molar-refractivity contribution >= 4 is 6.03 Å². The Morgan fingerprint density at radius 2 is 2.09 bits per heavy atom. The number of hydrogen-bond acceptors (Lipinski definition) is 5. The van der Waals surface area contributed by atoms with Crippen LogP contribution in [0.25, 0.3) is 0 Å². The number of amides is 2. The minimum atomic E-state index is -0.294. The highest BCUT2D eigenvalue weighted by Gasteiger charge is 2.28. The van der Waals surface area contributed by atoms with Crippen LogP contribution in [0.4, 0.5) is 4.79 Å². The van der Waals surface area contributed by atoms with Gasteiger partial charge in [0.15, 0.2) is 5.82 Å². The van der Waals surface area contributed by atoms with Gasteiger partial charge in [-0.3, -0.25) is 0 Å². The van der Waals surface area contributed by atoms with E-state index in [9.17, 15) is 4.79 Å². The molecule has 116 valence electrons. The molecular formula is C15H18N4O3. The minimum absolute atomic E-state index is 0.220. The van der Waals surface area contributed by atoms with Gasteiger partial charge in [-0.2, -0.15) is 4.98 Å². The van der Waals surface area contributed by atoms with Crippen LogP contribution in [0, 0.1) is 0 Å². The van der Waals surface area contributed by atoms with Crippen LogP contribution >= 0.6 is 0 Å². The summed E-state index contributed by atoms with van der Waals surface area (Å²) in [6.45, 7) is 0.602. The van der Waals surface area contributed by atoms with Crippen molar-refractivity contribution in [2.45, 2.75) is 31.8 Å². The number of nitrogens with zero attached hydrogens (tertiary/aromatic N) is 2. The molecule has 0 spiro atoms. The number of hydrogen-bond donors (Lipinski definition) is 2. The van der Waals surface area contributed by atoms with Crippen molar-refractivity contribution in [1.82, 2.24) is 20.8 Å². The lowest BCUT2D eigenvalue weighted by Crippen LogP contribution is -2.34. The summed E-state index contributed by atoms with van der Waals surface area (Å²) in [4.78, 5) is 16.0. The molecule has 1 heterocycles. The molecule has 1 aliphatic carbocycles. The Hall–Kier alpha value is -2.57. The van der Waals surface area contributed by atoms with Gasteiger partial charge < -0.3 is 19.9 Å². The molecule has 2 amide bonds. The van der Waals surface area contributed by atoms with Crippen molar-refractivity contribution in [3.05, 3.63) is 41.5 Å². The molecule has 7 nitrogen and oxygen atoms in total. The summed E-state index contributed by atoms with van der Waals surface area (Å²) in [5.41, 5.74) is 0.911. The van der Waals surface area contributed by atoms with Gasteiger partial charge in [0.2, 0.25) is 5.89 Å². The van der Waals surface area contributed by atoms with Gasteiger partial charge in [-0.25, -0.2) is 4.79 Å². The Balaban J connectivity index is 1.45. The molecule has 2 N–H and O–H groups in total. The lowest BCUT2D eigenvalue weighted by molar-refractivity contribution is 0.238. The molecule has 22 heavy (non-hydrogen) atoms. The van der Waals surface area contributed by atoms with Crippen LogP contribution in [0.3, 0.4) is 0 Å². The molecule has 2 aromatic rings. The van der Waals surface area contributed by atoms with Crippen LogP contribution in [0.15, 0.2) is 28.8 Å². The van der Waals surface area contributed by atoms with Gasteiger partial charge in [-0.05, 0) is 18.9 Å². The summed E-state index contributed by atoms with van der Waals surface area (Å²) < 4.78 is 10.3. The number of rotatable bonds is 6. The normalized spacial score (nSPS) is 13.7. The molecule has 7 heteroatoms. The van der Waals surface area contributed by atoms with Crippen molar-refractivity contribution in [3.8, 4) is 5.75 Å². The molecule has 3 rings (SSSR count). The standard InChI is InChI=1S/C15H18N4O3/c1-21-12-5-3-2-4-11(12)8-16-15(20)17-9-13-18-14(19-22-13)10-6-7-10/h2-5,10H,6-9H2,1H3,(H2,16,17,20). The van der Waals surface area contributed by atoms with E-state index in [0.29, 0.717) is 18.4 Å². The van der Waals surface area contributed by atoms with E-state index in [1.165, 1.54) is 0 Å². The number of carbonyl (C=O) groups excluding carboxylic acids is 1. The second kappa shape index (κ2) is 6.46. The van der Waals surface area contributed by atoms with E-state index < -0.39 is 0 Å². The molecule has 0 unspecified atom stereocenters. The summed E-state index contributed by atoms with van der Waals surface area (Å²) >= 11 is 0. The zero-order chi connectivity index (χ0) is 15.4. The van der Waals surface area contributed by atoms with Gasteiger partial charge in [0.1, 0.15) is 5.75 Å². The van der Waals surface area contributed by atoms with Gasteiger partial charge >= 0.3 is 6.03 Å². The number of methoxy groups -OCH3 is 1. The molecule has 0 radical (unpaired) electrons. The molecule has 1 aliphatic rings. The highest BCUT2D eigenvalue weighted by atomic mass is 16.5. The van der Waals surface area contributed by atoms with Gasteiger partial charge in [0, 0.05) is 18.0 Å². The Kier molecular flexibility index (Phi) is 4.22. The molecular weight excluding hydrogens is 284 g/mol. The fourth-order valence-electron chi connectivity index (χ4n) is 2.09. The van der Waals surface area contributed by atoms with E-state index >= 15 is 0 Å². The number of carbonyl (C=O) groups is 1. The monoisotopic (exact) mass is 302 g/mol. The van der Waals surface area contributed by atoms with Crippen molar-refractivity contribution in [1.29, 1.82) is 0 Å². The Morgan fingerprint density at radius 3 is 2.86 bits per heavy atom. The van der Waals surface area contributed by atoms with Crippen molar-refractivity contribution < 1.29 is 14.1 Å². The van der Waals surface area contributed by atoms with Crippen LogP contribution in [0.1, 0.15) is 36.0 Å². The summed E-state index contributed by atoms with van der Waals surface area (Å²) in [6, 6.07) is 7.24.